The molecular formula is C9H17NO2S. The largest absolute Gasteiger partial charge is 0.369 e. The number of nitrogens with one attached hydrogen (secondary N) is 1. The summed E-state index contributed by atoms with van der Waals surface area (Å²) in [7, 11) is 0. The molecule has 1 saturated heterocycles. The lowest BCUT2D eigenvalue weighted by Gasteiger charge is -2.12. The van der Waals surface area contributed by atoms with Crippen LogP contribution in [0.5, 0.6) is 0 Å². The first-order chi connectivity index (χ1) is 6.18. The van der Waals surface area contributed by atoms with Crippen molar-refractivity contribution in [1.29, 1.82) is 0 Å². The Hall–Kier alpha value is -0.220. The van der Waals surface area contributed by atoms with Crippen LogP contribution in [0.4, 0.5) is 0 Å². The van der Waals surface area contributed by atoms with Gasteiger partial charge in [-0.15, -0.1) is 0 Å². The highest BCUT2D eigenvalue weighted by atomic mass is 32.2. The minimum atomic E-state index is 0.0150. The van der Waals surface area contributed by atoms with Crippen molar-refractivity contribution in [3.8, 4) is 0 Å². The van der Waals surface area contributed by atoms with Crippen LogP contribution in [0.25, 0.3) is 0 Å². The van der Waals surface area contributed by atoms with Crippen molar-refractivity contribution in [1.82, 2.24) is 5.32 Å². The average Bonchev–Trinajstić information content (AvgIpc) is 2.53. The summed E-state index contributed by atoms with van der Waals surface area (Å²) in [5.74, 6) is 2.23. The van der Waals surface area contributed by atoms with Crippen molar-refractivity contribution in [2.24, 2.45) is 0 Å². The molecule has 76 valence electrons. The van der Waals surface area contributed by atoms with E-state index in [1.807, 2.05) is 25.6 Å². The topological polar surface area (TPSA) is 38.3 Å². The van der Waals surface area contributed by atoms with Crippen molar-refractivity contribution in [3.05, 3.63) is 0 Å². The van der Waals surface area contributed by atoms with E-state index in [2.05, 4.69) is 5.32 Å². The summed E-state index contributed by atoms with van der Waals surface area (Å²) in [4.78, 5) is 11.3. The second kappa shape index (κ2) is 5.50. The van der Waals surface area contributed by atoms with Gasteiger partial charge in [0.25, 0.3) is 0 Å². The summed E-state index contributed by atoms with van der Waals surface area (Å²) in [6.45, 7) is 4.05. The van der Waals surface area contributed by atoms with E-state index in [4.69, 9.17) is 4.74 Å². The number of ether oxygens (including phenoxy) is 1. The van der Waals surface area contributed by atoms with Crippen LogP contribution in [0.3, 0.4) is 0 Å². The molecule has 1 heterocycles. The van der Waals surface area contributed by atoms with E-state index in [-0.39, 0.29) is 18.6 Å². The summed E-state index contributed by atoms with van der Waals surface area (Å²) in [5.41, 5.74) is 0. The predicted octanol–water partition coefficient (Wildman–Crippen LogP) is 1.03. The monoisotopic (exact) mass is 203 g/mol. The molecule has 0 aromatic heterocycles. The fraction of sp³-hybridized carbons (Fsp3) is 0.889. The molecule has 0 radical (unpaired) electrons. The fourth-order valence-electron chi connectivity index (χ4n) is 1.16. The first kappa shape index (κ1) is 10.9. The minimum absolute atomic E-state index is 0.0150. The van der Waals surface area contributed by atoms with Crippen LogP contribution in [0.1, 0.15) is 20.3 Å². The Morgan fingerprint density at radius 1 is 1.69 bits per heavy atom. The van der Waals surface area contributed by atoms with Gasteiger partial charge in [0.05, 0.1) is 6.10 Å². The van der Waals surface area contributed by atoms with Crippen molar-refractivity contribution in [3.63, 3.8) is 0 Å². The molecule has 1 fully saturated rings. The van der Waals surface area contributed by atoms with Gasteiger partial charge in [0.1, 0.15) is 6.61 Å². The lowest BCUT2D eigenvalue weighted by molar-refractivity contribution is -0.127. The Morgan fingerprint density at radius 2 is 2.46 bits per heavy atom. The number of carbonyl (C=O) groups excluding carboxylic acids is 1. The van der Waals surface area contributed by atoms with E-state index in [1.165, 1.54) is 0 Å². The standard InChI is InChI=1S/C9H17NO2S/c1-7(2)12-5-9(11)10-8-3-4-13-6-8/h7-8H,3-6H2,1-2H3,(H,10,11). The van der Waals surface area contributed by atoms with E-state index in [0.29, 0.717) is 6.04 Å². The number of thioether (sulfide) groups is 1. The SMILES string of the molecule is CC(C)OCC(=O)NC1CCSC1. The van der Waals surface area contributed by atoms with Gasteiger partial charge in [0.15, 0.2) is 0 Å². The second-order valence-electron chi connectivity index (χ2n) is 3.49. The molecular weight excluding hydrogens is 186 g/mol. The number of hydrogen-bond donors (Lipinski definition) is 1. The zero-order valence-electron chi connectivity index (χ0n) is 8.21. The fourth-order valence-corrected chi connectivity index (χ4v) is 2.31. The van der Waals surface area contributed by atoms with Crippen LogP contribution in [-0.2, 0) is 9.53 Å². The molecule has 1 aliphatic rings. The molecule has 0 spiro atoms. The van der Waals surface area contributed by atoms with Gasteiger partial charge in [-0.05, 0) is 26.0 Å². The molecule has 1 rings (SSSR count). The second-order valence-corrected chi connectivity index (χ2v) is 4.64. The highest BCUT2D eigenvalue weighted by Gasteiger charge is 2.17. The zero-order chi connectivity index (χ0) is 9.68. The van der Waals surface area contributed by atoms with Crippen LogP contribution < -0.4 is 5.32 Å². The third kappa shape index (κ3) is 4.52. The van der Waals surface area contributed by atoms with Gasteiger partial charge >= 0.3 is 0 Å². The normalized spacial score (nSPS) is 22.2. The Kier molecular flexibility index (Phi) is 4.59. The van der Waals surface area contributed by atoms with Gasteiger partial charge in [-0.3, -0.25) is 4.79 Å². The van der Waals surface area contributed by atoms with Gasteiger partial charge in [-0.25, -0.2) is 0 Å². The lowest BCUT2D eigenvalue weighted by Crippen LogP contribution is -2.37. The molecule has 4 heteroatoms. The van der Waals surface area contributed by atoms with Gasteiger partial charge in [-0.1, -0.05) is 0 Å². The van der Waals surface area contributed by atoms with Crippen LogP contribution in [0, 0.1) is 0 Å². The highest BCUT2D eigenvalue weighted by Crippen LogP contribution is 2.16. The molecule has 0 aromatic rings. The summed E-state index contributed by atoms with van der Waals surface area (Å²) >= 11 is 1.89. The lowest BCUT2D eigenvalue weighted by atomic mass is 10.2. The maximum absolute atomic E-state index is 11.3. The molecule has 0 aromatic carbocycles. The Labute approximate surface area is 83.6 Å². The molecule has 0 bridgehead atoms. The average molecular weight is 203 g/mol. The molecule has 1 atom stereocenters. The summed E-state index contributed by atoms with van der Waals surface area (Å²) in [5, 5.41) is 2.95. The van der Waals surface area contributed by atoms with Gasteiger partial charge in [0, 0.05) is 11.8 Å². The molecule has 0 aliphatic carbocycles. The quantitative estimate of drug-likeness (QED) is 0.741. The predicted molar refractivity (Wildman–Crippen MR) is 55.0 cm³/mol. The van der Waals surface area contributed by atoms with Gasteiger partial charge in [-0.2, -0.15) is 11.8 Å². The number of amides is 1. The Balaban J connectivity index is 2.09. The maximum Gasteiger partial charge on any atom is 0.246 e. The third-order valence-corrected chi connectivity index (χ3v) is 3.01. The molecule has 1 N–H and O–H groups in total. The molecule has 1 unspecified atom stereocenters. The first-order valence-corrected chi connectivity index (χ1v) is 5.82. The maximum atomic E-state index is 11.3. The van der Waals surface area contributed by atoms with Crippen LogP contribution in [-0.4, -0.2) is 36.2 Å². The third-order valence-electron chi connectivity index (χ3n) is 1.84. The highest BCUT2D eigenvalue weighted by molar-refractivity contribution is 7.99. The van der Waals surface area contributed by atoms with E-state index in [0.717, 1.165) is 17.9 Å². The smallest absolute Gasteiger partial charge is 0.246 e. The van der Waals surface area contributed by atoms with E-state index in [1.54, 1.807) is 0 Å². The zero-order valence-corrected chi connectivity index (χ0v) is 9.02. The number of carbonyl (C=O) groups is 1. The van der Waals surface area contributed by atoms with E-state index >= 15 is 0 Å². The molecule has 0 saturated carbocycles. The minimum Gasteiger partial charge on any atom is -0.369 e. The first-order valence-electron chi connectivity index (χ1n) is 4.67. The molecule has 1 amide bonds. The number of hydrogen-bond acceptors (Lipinski definition) is 3. The Bertz CT molecular complexity index is 167. The number of rotatable bonds is 4. The van der Waals surface area contributed by atoms with Crippen LogP contribution in [0.2, 0.25) is 0 Å². The van der Waals surface area contributed by atoms with E-state index < -0.39 is 0 Å². The van der Waals surface area contributed by atoms with Crippen LogP contribution in [0.15, 0.2) is 0 Å². The molecule has 1 aliphatic heterocycles. The Morgan fingerprint density at radius 3 is 3.00 bits per heavy atom. The van der Waals surface area contributed by atoms with Gasteiger partial charge in [0.2, 0.25) is 5.91 Å². The summed E-state index contributed by atoms with van der Waals surface area (Å²) in [6.07, 6.45) is 1.22. The van der Waals surface area contributed by atoms with Gasteiger partial charge < -0.3 is 10.1 Å². The summed E-state index contributed by atoms with van der Waals surface area (Å²) in [6, 6.07) is 0.369. The summed E-state index contributed by atoms with van der Waals surface area (Å²) < 4.78 is 5.20. The van der Waals surface area contributed by atoms with Crippen molar-refractivity contribution in [2.75, 3.05) is 18.1 Å². The van der Waals surface area contributed by atoms with Crippen molar-refractivity contribution >= 4 is 17.7 Å². The molecule has 3 nitrogen and oxygen atoms in total. The van der Waals surface area contributed by atoms with Crippen molar-refractivity contribution < 1.29 is 9.53 Å². The van der Waals surface area contributed by atoms with Crippen LogP contribution >= 0.6 is 11.8 Å². The molecule has 13 heavy (non-hydrogen) atoms. The van der Waals surface area contributed by atoms with Crippen molar-refractivity contribution in [2.45, 2.75) is 32.4 Å². The van der Waals surface area contributed by atoms with E-state index in [9.17, 15) is 4.79 Å².